The van der Waals surface area contributed by atoms with E-state index in [4.69, 9.17) is 10.3 Å². The highest BCUT2D eigenvalue weighted by Crippen LogP contribution is 2.38. The lowest BCUT2D eigenvalue weighted by molar-refractivity contribution is 0.373. The standard InChI is InChI=1S/C14H17N3O/c1-9-2-3-10(8-12(9)15)4-7-13-16-14(17-18-13)11-5-6-11/h2-3,8,11H,4-7,15H2,1H3. The lowest BCUT2D eigenvalue weighted by Crippen LogP contribution is -1.95. The van der Waals surface area contributed by atoms with Gasteiger partial charge in [0.15, 0.2) is 5.82 Å². The van der Waals surface area contributed by atoms with Crippen molar-refractivity contribution < 1.29 is 4.52 Å². The number of rotatable bonds is 4. The van der Waals surface area contributed by atoms with Crippen molar-refractivity contribution >= 4 is 5.69 Å². The first-order chi connectivity index (χ1) is 8.72. The molecule has 1 fully saturated rings. The Kier molecular flexibility index (Phi) is 2.78. The molecule has 1 aliphatic rings. The molecule has 0 saturated heterocycles. The van der Waals surface area contributed by atoms with Gasteiger partial charge in [0.05, 0.1) is 0 Å². The van der Waals surface area contributed by atoms with E-state index in [9.17, 15) is 0 Å². The fourth-order valence-corrected chi connectivity index (χ4v) is 1.97. The maximum Gasteiger partial charge on any atom is 0.226 e. The topological polar surface area (TPSA) is 64.9 Å². The highest BCUT2D eigenvalue weighted by molar-refractivity contribution is 5.48. The summed E-state index contributed by atoms with van der Waals surface area (Å²) in [5.41, 5.74) is 9.06. The Bertz CT molecular complexity index is 558. The maximum atomic E-state index is 5.89. The molecule has 0 unspecified atom stereocenters. The van der Waals surface area contributed by atoms with E-state index in [-0.39, 0.29) is 0 Å². The van der Waals surface area contributed by atoms with Crippen LogP contribution in [0.4, 0.5) is 5.69 Å². The number of hydrogen-bond acceptors (Lipinski definition) is 4. The number of nitrogens with zero attached hydrogens (tertiary/aromatic N) is 2. The molecule has 0 bridgehead atoms. The normalized spacial score (nSPS) is 14.9. The van der Waals surface area contributed by atoms with E-state index in [1.54, 1.807) is 0 Å². The van der Waals surface area contributed by atoms with Crippen molar-refractivity contribution in [2.24, 2.45) is 0 Å². The summed E-state index contributed by atoms with van der Waals surface area (Å²) in [6, 6.07) is 6.17. The summed E-state index contributed by atoms with van der Waals surface area (Å²) in [6.45, 7) is 2.01. The summed E-state index contributed by atoms with van der Waals surface area (Å²) < 4.78 is 5.25. The minimum Gasteiger partial charge on any atom is -0.399 e. The minimum atomic E-state index is 0.553. The fraction of sp³-hybridized carbons (Fsp3) is 0.429. The van der Waals surface area contributed by atoms with E-state index in [0.717, 1.165) is 35.8 Å². The van der Waals surface area contributed by atoms with Gasteiger partial charge in [-0.2, -0.15) is 4.98 Å². The van der Waals surface area contributed by atoms with Gasteiger partial charge in [0.25, 0.3) is 0 Å². The molecule has 1 aromatic heterocycles. The number of anilines is 1. The molecule has 2 aromatic rings. The molecule has 18 heavy (non-hydrogen) atoms. The van der Waals surface area contributed by atoms with Gasteiger partial charge in [-0.1, -0.05) is 17.3 Å². The van der Waals surface area contributed by atoms with Crippen LogP contribution in [0, 0.1) is 6.92 Å². The van der Waals surface area contributed by atoms with Gasteiger partial charge in [0, 0.05) is 18.0 Å². The van der Waals surface area contributed by atoms with E-state index in [1.165, 1.54) is 18.4 Å². The number of hydrogen-bond donors (Lipinski definition) is 1. The molecule has 0 amide bonds. The van der Waals surface area contributed by atoms with Gasteiger partial charge in [0.1, 0.15) is 0 Å². The van der Waals surface area contributed by atoms with Crippen LogP contribution in [-0.4, -0.2) is 10.1 Å². The lowest BCUT2D eigenvalue weighted by Gasteiger charge is -2.03. The summed E-state index contributed by atoms with van der Waals surface area (Å²) in [4.78, 5) is 4.42. The lowest BCUT2D eigenvalue weighted by atomic mass is 10.1. The Morgan fingerprint density at radius 3 is 2.89 bits per heavy atom. The van der Waals surface area contributed by atoms with Crippen LogP contribution in [0.5, 0.6) is 0 Å². The van der Waals surface area contributed by atoms with Crippen LogP contribution in [0.3, 0.4) is 0 Å². The molecule has 4 heteroatoms. The third kappa shape index (κ3) is 2.37. The third-order valence-electron chi connectivity index (χ3n) is 3.40. The Hall–Kier alpha value is -1.84. The summed E-state index contributed by atoms with van der Waals surface area (Å²) in [7, 11) is 0. The Balaban J connectivity index is 1.63. The largest absolute Gasteiger partial charge is 0.399 e. The molecule has 0 radical (unpaired) electrons. The molecule has 0 spiro atoms. The highest BCUT2D eigenvalue weighted by Gasteiger charge is 2.28. The van der Waals surface area contributed by atoms with Crippen LogP contribution < -0.4 is 5.73 Å². The SMILES string of the molecule is Cc1ccc(CCc2nc(C3CC3)no2)cc1N. The van der Waals surface area contributed by atoms with Crippen molar-refractivity contribution in [3.05, 3.63) is 41.0 Å². The van der Waals surface area contributed by atoms with Gasteiger partial charge in [-0.15, -0.1) is 0 Å². The van der Waals surface area contributed by atoms with Crippen molar-refractivity contribution in [1.29, 1.82) is 0 Å². The molecule has 1 saturated carbocycles. The first-order valence-corrected chi connectivity index (χ1v) is 6.40. The number of aryl methyl sites for hydroxylation is 3. The molecule has 4 nitrogen and oxygen atoms in total. The summed E-state index contributed by atoms with van der Waals surface area (Å²) >= 11 is 0. The van der Waals surface area contributed by atoms with Crippen LogP contribution in [0.15, 0.2) is 22.7 Å². The van der Waals surface area contributed by atoms with Crippen molar-refractivity contribution in [3.8, 4) is 0 Å². The first kappa shape index (κ1) is 11.3. The summed E-state index contributed by atoms with van der Waals surface area (Å²) in [5.74, 6) is 2.17. The quantitative estimate of drug-likeness (QED) is 0.838. The number of aromatic nitrogens is 2. The number of nitrogen functional groups attached to an aromatic ring is 1. The molecule has 3 rings (SSSR count). The van der Waals surface area contributed by atoms with Gasteiger partial charge in [-0.05, 0) is 43.4 Å². The Labute approximate surface area is 106 Å². The van der Waals surface area contributed by atoms with Gasteiger partial charge < -0.3 is 10.3 Å². The number of benzene rings is 1. The second-order valence-corrected chi connectivity index (χ2v) is 5.01. The van der Waals surface area contributed by atoms with Crippen LogP contribution in [0.25, 0.3) is 0 Å². The van der Waals surface area contributed by atoms with Crippen molar-refractivity contribution in [2.45, 2.75) is 38.5 Å². The molecule has 0 atom stereocenters. The van der Waals surface area contributed by atoms with Crippen molar-refractivity contribution in [2.75, 3.05) is 5.73 Å². The predicted octanol–water partition coefficient (Wildman–Crippen LogP) is 2.62. The molecule has 1 heterocycles. The van der Waals surface area contributed by atoms with E-state index in [0.29, 0.717) is 5.92 Å². The molecule has 2 N–H and O–H groups in total. The van der Waals surface area contributed by atoms with Gasteiger partial charge in [-0.3, -0.25) is 0 Å². The first-order valence-electron chi connectivity index (χ1n) is 6.40. The molecule has 94 valence electrons. The average molecular weight is 243 g/mol. The minimum absolute atomic E-state index is 0.553. The van der Waals surface area contributed by atoms with Gasteiger partial charge in [-0.25, -0.2) is 0 Å². The second kappa shape index (κ2) is 4.44. The monoisotopic (exact) mass is 243 g/mol. The molecular formula is C14H17N3O. The Morgan fingerprint density at radius 1 is 1.33 bits per heavy atom. The highest BCUT2D eigenvalue weighted by atomic mass is 16.5. The molecule has 0 aliphatic heterocycles. The third-order valence-corrected chi connectivity index (χ3v) is 3.40. The van der Waals surface area contributed by atoms with E-state index in [1.807, 2.05) is 19.1 Å². The molecule has 1 aliphatic carbocycles. The Morgan fingerprint density at radius 2 is 2.17 bits per heavy atom. The maximum absolute atomic E-state index is 5.89. The van der Waals surface area contributed by atoms with E-state index < -0.39 is 0 Å². The zero-order valence-corrected chi connectivity index (χ0v) is 10.5. The van der Waals surface area contributed by atoms with Crippen LogP contribution >= 0.6 is 0 Å². The fourth-order valence-electron chi connectivity index (χ4n) is 1.97. The summed E-state index contributed by atoms with van der Waals surface area (Å²) in [5, 5.41) is 4.01. The average Bonchev–Trinajstić information content (AvgIpc) is 3.11. The van der Waals surface area contributed by atoms with Crippen molar-refractivity contribution in [1.82, 2.24) is 10.1 Å². The summed E-state index contributed by atoms with van der Waals surface area (Å²) in [6.07, 6.45) is 4.07. The number of nitrogens with two attached hydrogens (primary N) is 1. The zero-order valence-electron chi connectivity index (χ0n) is 10.5. The van der Waals surface area contributed by atoms with Crippen molar-refractivity contribution in [3.63, 3.8) is 0 Å². The van der Waals surface area contributed by atoms with E-state index in [2.05, 4.69) is 16.2 Å². The molecule has 1 aromatic carbocycles. The van der Waals surface area contributed by atoms with Gasteiger partial charge >= 0.3 is 0 Å². The van der Waals surface area contributed by atoms with Crippen LogP contribution in [0.2, 0.25) is 0 Å². The van der Waals surface area contributed by atoms with E-state index >= 15 is 0 Å². The molecular weight excluding hydrogens is 226 g/mol. The predicted molar refractivity (Wildman–Crippen MR) is 69.3 cm³/mol. The van der Waals surface area contributed by atoms with Crippen LogP contribution in [-0.2, 0) is 12.8 Å². The van der Waals surface area contributed by atoms with Gasteiger partial charge in [0.2, 0.25) is 5.89 Å². The smallest absolute Gasteiger partial charge is 0.226 e. The van der Waals surface area contributed by atoms with Crippen LogP contribution in [0.1, 0.15) is 41.6 Å². The second-order valence-electron chi connectivity index (χ2n) is 5.01. The zero-order chi connectivity index (χ0) is 12.5.